The van der Waals surface area contributed by atoms with Gasteiger partial charge in [0, 0.05) is 12.2 Å². The Kier molecular flexibility index (Phi) is 4.25. The van der Waals surface area contributed by atoms with Gasteiger partial charge in [0.25, 0.3) is 5.56 Å². The van der Waals surface area contributed by atoms with Crippen molar-refractivity contribution in [1.82, 2.24) is 19.5 Å². The molecule has 2 saturated heterocycles. The first kappa shape index (κ1) is 17.8. The number of nitrogens with zero attached hydrogens (tertiary/aromatic N) is 3. The average Bonchev–Trinajstić information content (AvgIpc) is 3.41. The Labute approximate surface area is 168 Å². The number of ether oxygens (including phenoxy) is 4. The van der Waals surface area contributed by atoms with Crippen molar-refractivity contribution < 1.29 is 23.7 Å². The van der Waals surface area contributed by atoms with Gasteiger partial charge in [-0.3, -0.25) is 9.36 Å². The van der Waals surface area contributed by atoms with Crippen molar-refractivity contribution in [3.63, 3.8) is 0 Å². The molecule has 10 nitrogen and oxygen atoms in total. The third-order valence-electron chi connectivity index (χ3n) is 4.78. The molecule has 2 aromatic heterocycles. The van der Waals surface area contributed by atoms with Crippen molar-refractivity contribution in [2.45, 2.75) is 24.5 Å². The van der Waals surface area contributed by atoms with Gasteiger partial charge < -0.3 is 23.9 Å². The molecule has 4 atom stereocenters. The largest absolute Gasteiger partial charge is 0.459 e. The average molecular weight is 414 g/mol. The van der Waals surface area contributed by atoms with E-state index in [9.17, 15) is 9.59 Å². The standard InChI is InChI=1S/C18H14N4O6S/c23-15-11-14(19-7-20-15)22(8-21-11)16-13-12(27-18(29)28-13)10(26-16)6-25-17(24)9-4-2-1-3-5-9/h1-5,7-8,10,12-13,16H,6H2,(H,19,20,23)/t10-,12+,13-,16+/m0/s1. The van der Waals surface area contributed by atoms with Crippen molar-refractivity contribution in [2.24, 2.45) is 0 Å². The molecule has 0 amide bonds. The zero-order valence-electron chi connectivity index (χ0n) is 14.8. The lowest BCUT2D eigenvalue weighted by atomic mass is 10.1. The third kappa shape index (κ3) is 3.04. The molecule has 5 rings (SSSR count). The molecule has 2 fully saturated rings. The normalized spacial score (nSPS) is 25.4. The second-order valence-electron chi connectivity index (χ2n) is 6.50. The number of nitrogens with one attached hydrogen (secondary N) is 1. The van der Waals surface area contributed by atoms with Gasteiger partial charge in [-0.25, -0.2) is 14.8 Å². The summed E-state index contributed by atoms with van der Waals surface area (Å²) in [6.45, 7) is -0.0575. The minimum Gasteiger partial charge on any atom is -0.459 e. The molecule has 4 heterocycles. The summed E-state index contributed by atoms with van der Waals surface area (Å²) >= 11 is 5.03. The Morgan fingerprint density at radius 2 is 2.00 bits per heavy atom. The summed E-state index contributed by atoms with van der Waals surface area (Å²) in [5, 5.41) is -0.0112. The second kappa shape index (κ2) is 6.94. The molecule has 2 aliphatic heterocycles. The summed E-state index contributed by atoms with van der Waals surface area (Å²) in [5.74, 6) is -0.475. The Morgan fingerprint density at radius 1 is 1.21 bits per heavy atom. The van der Waals surface area contributed by atoms with E-state index in [2.05, 4.69) is 15.0 Å². The van der Waals surface area contributed by atoms with Gasteiger partial charge in [-0.2, -0.15) is 0 Å². The Hall–Kier alpha value is -3.31. The number of carbonyl (C=O) groups excluding carboxylic acids is 1. The SMILES string of the molecule is O=C(OC[C@@H]1O[C@@H](n2cnc3c(=O)[nH]cnc32)[C@H]2OC(=S)O[C@@H]21)c1ccccc1. The number of thiocarbonyl (C=S) groups is 1. The van der Waals surface area contributed by atoms with Gasteiger partial charge in [-0.05, 0) is 12.1 Å². The van der Waals surface area contributed by atoms with Crippen molar-refractivity contribution in [3.05, 3.63) is 58.9 Å². The van der Waals surface area contributed by atoms with Crippen LogP contribution in [0.2, 0.25) is 0 Å². The van der Waals surface area contributed by atoms with E-state index in [-0.39, 0.29) is 22.9 Å². The number of esters is 1. The third-order valence-corrected chi connectivity index (χ3v) is 4.97. The lowest BCUT2D eigenvalue weighted by Crippen LogP contribution is -2.32. The lowest BCUT2D eigenvalue weighted by molar-refractivity contribution is -0.0648. The van der Waals surface area contributed by atoms with E-state index in [0.717, 1.165) is 0 Å². The molecule has 2 aliphatic rings. The molecule has 1 N–H and O–H groups in total. The monoisotopic (exact) mass is 414 g/mol. The fourth-order valence-electron chi connectivity index (χ4n) is 3.45. The summed E-state index contributed by atoms with van der Waals surface area (Å²) in [6.07, 6.45) is 0.220. The Morgan fingerprint density at radius 3 is 2.83 bits per heavy atom. The number of benzene rings is 1. The minimum atomic E-state index is -0.708. The number of carbonyl (C=O) groups is 1. The fourth-order valence-corrected chi connectivity index (χ4v) is 3.67. The van der Waals surface area contributed by atoms with Crippen LogP contribution in [0.1, 0.15) is 16.6 Å². The Bertz CT molecular complexity index is 1150. The molecular formula is C18H14N4O6S. The smallest absolute Gasteiger partial charge is 0.353 e. The van der Waals surface area contributed by atoms with E-state index in [1.54, 1.807) is 28.8 Å². The van der Waals surface area contributed by atoms with E-state index in [4.69, 9.17) is 31.2 Å². The fraction of sp³-hybridized carbons (Fsp3) is 0.278. The van der Waals surface area contributed by atoms with E-state index < -0.39 is 30.5 Å². The van der Waals surface area contributed by atoms with Gasteiger partial charge in [0.2, 0.25) is 0 Å². The van der Waals surface area contributed by atoms with Crippen molar-refractivity contribution in [2.75, 3.05) is 6.61 Å². The zero-order chi connectivity index (χ0) is 20.0. The van der Waals surface area contributed by atoms with E-state index in [1.807, 2.05) is 6.07 Å². The first-order valence-corrected chi connectivity index (χ1v) is 9.18. The highest BCUT2D eigenvalue weighted by Gasteiger charge is 2.54. The maximum atomic E-state index is 12.2. The number of aromatic amines is 1. The molecule has 0 saturated carbocycles. The van der Waals surface area contributed by atoms with Gasteiger partial charge in [0.05, 0.1) is 18.2 Å². The maximum absolute atomic E-state index is 12.2. The van der Waals surface area contributed by atoms with E-state index >= 15 is 0 Å². The van der Waals surface area contributed by atoms with Gasteiger partial charge in [0.15, 0.2) is 29.6 Å². The van der Waals surface area contributed by atoms with Crippen molar-refractivity contribution in [1.29, 1.82) is 0 Å². The highest BCUT2D eigenvalue weighted by atomic mass is 32.1. The van der Waals surface area contributed by atoms with Crippen LogP contribution < -0.4 is 5.56 Å². The molecule has 3 aromatic rings. The summed E-state index contributed by atoms with van der Waals surface area (Å²) in [5.41, 5.74) is 0.575. The highest BCUT2D eigenvalue weighted by Crippen LogP contribution is 2.39. The Balaban J connectivity index is 1.39. The minimum absolute atomic E-state index is 0.0112. The predicted octanol–water partition coefficient (Wildman–Crippen LogP) is 0.943. The van der Waals surface area contributed by atoms with Gasteiger partial charge >= 0.3 is 11.2 Å². The van der Waals surface area contributed by atoms with Crippen LogP contribution in [0.3, 0.4) is 0 Å². The second-order valence-corrected chi connectivity index (χ2v) is 6.83. The van der Waals surface area contributed by atoms with Crippen molar-refractivity contribution >= 4 is 34.6 Å². The van der Waals surface area contributed by atoms with Crippen LogP contribution in [-0.2, 0) is 18.9 Å². The predicted molar refractivity (Wildman–Crippen MR) is 101 cm³/mol. The number of H-pyrrole nitrogens is 1. The summed E-state index contributed by atoms with van der Waals surface area (Å²) < 4.78 is 24.2. The van der Waals surface area contributed by atoms with Crippen LogP contribution >= 0.6 is 12.2 Å². The molecule has 0 radical (unpaired) electrons. The first-order valence-electron chi connectivity index (χ1n) is 8.77. The zero-order valence-corrected chi connectivity index (χ0v) is 15.6. The molecule has 0 unspecified atom stereocenters. The summed E-state index contributed by atoms with van der Waals surface area (Å²) in [6, 6.07) is 8.63. The number of fused-ring (bicyclic) bond motifs is 2. The van der Waals surface area contributed by atoms with Crippen LogP contribution in [0.5, 0.6) is 0 Å². The maximum Gasteiger partial charge on any atom is 0.353 e. The molecule has 0 aliphatic carbocycles. The highest BCUT2D eigenvalue weighted by molar-refractivity contribution is 7.79. The van der Waals surface area contributed by atoms with Crippen LogP contribution in [0.4, 0.5) is 0 Å². The van der Waals surface area contributed by atoms with Crippen LogP contribution in [0.25, 0.3) is 11.2 Å². The number of rotatable bonds is 4. The van der Waals surface area contributed by atoms with E-state index in [0.29, 0.717) is 11.2 Å². The van der Waals surface area contributed by atoms with Gasteiger partial charge in [-0.15, -0.1) is 0 Å². The molecule has 1 aromatic carbocycles. The number of hydrogen-bond acceptors (Lipinski definition) is 9. The number of aromatic nitrogens is 4. The molecule has 11 heteroatoms. The van der Waals surface area contributed by atoms with Crippen LogP contribution in [-0.4, -0.2) is 55.6 Å². The first-order chi connectivity index (χ1) is 14.1. The summed E-state index contributed by atoms with van der Waals surface area (Å²) in [7, 11) is 0. The topological polar surface area (TPSA) is 118 Å². The quantitative estimate of drug-likeness (QED) is 0.492. The van der Waals surface area contributed by atoms with Crippen molar-refractivity contribution in [3.8, 4) is 0 Å². The number of hydrogen-bond donors (Lipinski definition) is 1. The molecule has 148 valence electrons. The molecule has 0 spiro atoms. The van der Waals surface area contributed by atoms with Crippen LogP contribution in [0, 0.1) is 0 Å². The molecular weight excluding hydrogens is 400 g/mol. The van der Waals surface area contributed by atoms with Gasteiger partial charge in [0.1, 0.15) is 12.7 Å². The van der Waals surface area contributed by atoms with E-state index in [1.165, 1.54) is 12.7 Å². The molecule has 0 bridgehead atoms. The summed E-state index contributed by atoms with van der Waals surface area (Å²) in [4.78, 5) is 34.9. The lowest BCUT2D eigenvalue weighted by Gasteiger charge is -2.18. The van der Waals surface area contributed by atoms with Crippen LogP contribution in [0.15, 0.2) is 47.8 Å². The molecule has 29 heavy (non-hydrogen) atoms. The number of imidazole rings is 1. The van der Waals surface area contributed by atoms with Gasteiger partial charge in [-0.1, -0.05) is 18.2 Å².